The maximum absolute atomic E-state index is 14.2. The number of carbonyl (C=O) groups excluding carboxylic acids is 1. The van der Waals surface area contributed by atoms with Crippen LogP contribution in [0.5, 0.6) is 0 Å². The van der Waals surface area contributed by atoms with E-state index in [-0.39, 0.29) is 29.0 Å². The Hall–Kier alpha value is -2.73. The van der Waals surface area contributed by atoms with Gasteiger partial charge >= 0.3 is 10.2 Å². The number of piperidine rings is 1. The number of aromatic nitrogens is 1. The van der Waals surface area contributed by atoms with Crippen molar-refractivity contribution in [3.63, 3.8) is 0 Å². The second kappa shape index (κ2) is 9.78. The normalized spacial score (nSPS) is 23.0. The van der Waals surface area contributed by atoms with Crippen LogP contribution in [0.15, 0.2) is 35.4 Å². The molecule has 204 valence electrons. The molecular weight excluding hydrogens is 507 g/mol. The van der Waals surface area contributed by atoms with Gasteiger partial charge in [0.2, 0.25) is 0 Å². The number of primary amides is 1. The number of hydrogen-bond acceptors (Lipinski definition) is 6. The number of fused-ring (bicyclic) bond motifs is 1. The average Bonchev–Trinajstić information content (AvgIpc) is 3.19. The number of likely N-dealkylation sites (tertiary alicyclic amines) is 1. The molecule has 9 nitrogen and oxygen atoms in total. The Labute approximate surface area is 223 Å². The lowest BCUT2D eigenvalue weighted by atomic mass is 9.76. The number of carbonyl (C=O) groups is 1. The molecule has 2 aliphatic heterocycles. The fraction of sp³-hybridized carbons (Fsp3) is 0.519. The molecule has 0 radical (unpaired) electrons. The molecule has 2 N–H and O–H groups in total. The van der Waals surface area contributed by atoms with Crippen molar-refractivity contribution in [1.29, 1.82) is 0 Å². The van der Waals surface area contributed by atoms with E-state index < -0.39 is 25.9 Å². The van der Waals surface area contributed by atoms with Crippen LogP contribution in [0.4, 0.5) is 15.9 Å². The highest BCUT2D eigenvalue weighted by Gasteiger charge is 2.59. The number of amides is 1. The Morgan fingerprint density at radius 3 is 2.24 bits per heavy atom. The molecule has 1 unspecified atom stereocenters. The lowest BCUT2D eigenvalue weighted by Gasteiger charge is -2.35. The molecule has 3 aliphatic rings. The van der Waals surface area contributed by atoms with Gasteiger partial charge in [0.25, 0.3) is 11.7 Å². The molecule has 5 rings (SSSR count). The van der Waals surface area contributed by atoms with Gasteiger partial charge in [-0.05, 0) is 82.3 Å². The summed E-state index contributed by atoms with van der Waals surface area (Å²) in [6, 6.07) is 7.47. The third kappa shape index (κ3) is 4.16. The maximum atomic E-state index is 14.2. The van der Waals surface area contributed by atoms with E-state index in [1.54, 1.807) is 6.07 Å². The average molecular weight is 544 g/mol. The first-order chi connectivity index (χ1) is 18.0. The van der Waals surface area contributed by atoms with E-state index in [0.717, 1.165) is 55.1 Å². The third-order valence-corrected chi connectivity index (χ3v) is 10.3. The largest absolute Gasteiger partial charge is 0.408 e. The first-order valence-corrected chi connectivity index (χ1v) is 14.6. The highest BCUT2D eigenvalue weighted by molar-refractivity contribution is 7.88. The van der Waals surface area contributed by atoms with Crippen molar-refractivity contribution in [2.45, 2.75) is 57.9 Å². The Morgan fingerprint density at radius 2 is 1.74 bits per heavy atom. The fourth-order valence-corrected chi connectivity index (χ4v) is 7.18. The molecule has 1 saturated heterocycles. The minimum absolute atomic E-state index is 0.00802. The van der Waals surface area contributed by atoms with Gasteiger partial charge in [0, 0.05) is 42.2 Å². The summed E-state index contributed by atoms with van der Waals surface area (Å²) in [6.07, 6.45) is 4.55. The van der Waals surface area contributed by atoms with Gasteiger partial charge in [0.15, 0.2) is 5.69 Å². The molecule has 0 bridgehead atoms. The fourth-order valence-electron chi connectivity index (χ4n) is 5.78. The first-order valence-electron chi connectivity index (χ1n) is 13.2. The van der Waals surface area contributed by atoms with Crippen LogP contribution < -0.4 is 9.73 Å². The van der Waals surface area contributed by atoms with Crippen LogP contribution in [-0.2, 0) is 10.2 Å². The summed E-state index contributed by atoms with van der Waals surface area (Å²) in [6.45, 7) is 6.15. The van der Waals surface area contributed by atoms with E-state index in [4.69, 9.17) is 10.8 Å². The molecule has 3 heterocycles. The SMILES string of the molecule is CC(C)N1CCC(c2cc(C(N)=O)nc3c2C(C2CCC2)=N[N+]3(c2ccc(F)cc2)S(=O)(=O)N(C)C)CC1. The van der Waals surface area contributed by atoms with E-state index >= 15 is 0 Å². The Morgan fingerprint density at radius 1 is 1.11 bits per heavy atom. The van der Waals surface area contributed by atoms with Crippen molar-refractivity contribution in [3.05, 3.63) is 53.0 Å². The van der Waals surface area contributed by atoms with E-state index in [1.807, 2.05) is 0 Å². The van der Waals surface area contributed by atoms with Gasteiger partial charge in [-0.25, -0.2) is 4.39 Å². The molecule has 11 heteroatoms. The molecule has 1 aliphatic carbocycles. The van der Waals surface area contributed by atoms with Crippen LogP contribution in [0.3, 0.4) is 0 Å². The van der Waals surface area contributed by atoms with Gasteiger partial charge in [-0.15, -0.1) is 0 Å². The zero-order valence-electron chi connectivity index (χ0n) is 22.4. The molecule has 1 saturated carbocycles. The first kappa shape index (κ1) is 26.9. The van der Waals surface area contributed by atoms with Crippen molar-refractivity contribution >= 4 is 33.3 Å². The second-order valence-corrected chi connectivity index (χ2v) is 13.1. The van der Waals surface area contributed by atoms with Gasteiger partial charge in [0.05, 0.1) is 5.56 Å². The highest BCUT2D eigenvalue weighted by atomic mass is 32.2. The summed E-state index contributed by atoms with van der Waals surface area (Å²) in [7, 11) is -1.36. The van der Waals surface area contributed by atoms with Crippen molar-refractivity contribution in [2.75, 3.05) is 27.2 Å². The monoisotopic (exact) mass is 543 g/mol. The summed E-state index contributed by atoms with van der Waals surface area (Å²) >= 11 is 0. The molecular formula is C27H36FN6O3S+. The Balaban J connectivity index is 1.81. The zero-order chi connectivity index (χ0) is 27.4. The van der Waals surface area contributed by atoms with Crippen LogP contribution >= 0.6 is 0 Å². The van der Waals surface area contributed by atoms with Crippen molar-refractivity contribution < 1.29 is 17.6 Å². The van der Waals surface area contributed by atoms with Crippen LogP contribution in [0.1, 0.15) is 73.5 Å². The molecule has 1 atom stereocenters. The van der Waals surface area contributed by atoms with Crippen LogP contribution in [-0.4, -0.2) is 67.5 Å². The summed E-state index contributed by atoms with van der Waals surface area (Å²) in [5.41, 5.74) is 8.28. The van der Waals surface area contributed by atoms with Gasteiger partial charge < -0.3 is 10.6 Å². The highest BCUT2D eigenvalue weighted by Crippen LogP contribution is 2.51. The lowest BCUT2D eigenvalue weighted by molar-refractivity contribution is 0.0995. The standard InChI is InChI=1S/C27H35FN6O3S/c1-17(2)33-14-12-18(13-15-33)22-16-23(26(29)35)30-27-24(22)25(19-6-5-7-19)31-34(27,38(36,37)32(3)4)21-10-8-20(28)9-11-21/h8-11,16-19H,5-7,12-15H2,1-4H3,(H-,29,35)/p+1. The number of pyridine rings is 1. The van der Waals surface area contributed by atoms with Crippen LogP contribution in [0.2, 0.25) is 0 Å². The van der Waals surface area contributed by atoms with Crippen LogP contribution in [0, 0.1) is 11.7 Å². The van der Waals surface area contributed by atoms with Gasteiger partial charge in [-0.1, -0.05) is 11.5 Å². The van der Waals surface area contributed by atoms with E-state index in [1.165, 1.54) is 38.4 Å². The quantitative estimate of drug-likeness (QED) is 0.534. The molecule has 2 fully saturated rings. The second-order valence-electron chi connectivity index (χ2n) is 11.0. The third-order valence-electron chi connectivity index (χ3n) is 8.24. The number of quaternary nitrogens is 1. The predicted molar refractivity (Wildman–Crippen MR) is 146 cm³/mol. The molecule has 1 aromatic heterocycles. The number of nitrogens with zero attached hydrogens (tertiary/aromatic N) is 5. The number of hydrogen-bond donors (Lipinski definition) is 1. The predicted octanol–water partition coefficient (Wildman–Crippen LogP) is 3.87. The van der Waals surface area contributed by atoms with Gasteiger partial charge in [-0.2, -0.15) is 17.7 Å². The smallest absolute Gasteiger partial charge is 0.364 e. The minimum Gasteiger partial charge on any atom is -0.364 e. The zero-order valence-corrected chi connectivity index (χ0v) is 23.2. The van der Waals surface area contributed by atoms with Crippen molar-refractivity contribution in [3.8, 4) is 0 Å². The number of nitrogens with two attached hydrogens (primary N) is 1. The summed E-state index contributed by atoms with van der Waals surface area (Å²) in [4.78, 5) is 19.6. The molecule has 38 heavy (non-hydrogen) atoms. The minimum atomic E-state index is -4.24. The van der Waals surface area contributed by atoms with E-state index in [0.29, 0.717) is 17.3 Å². The lowest BCUT2D eigenvalue weighted by Crippen LogP contribution is -2.50. The van der Waals surface area contributed by atoms with Gasteiger partial charge in [-0.3, -0.25) is 4.79 Å². The summed E-state index contributed by atoms with van der Waals surface area (Å²) < 4.78 is 42.5. The molecule has 0 spiro atoms. The van der Waals surface area contributed by atoms with Crippen molar-refractivity contribution in [1.82, 2.24) is 18.2 Å². The Bertz CT molecular complexity index is 1380. The van der Waals surface area contributed by atoms with E-state index in [9.17, 15) is 17.6 Å². The molecule has 1 aromatic carbocycles. The Kier molecular flexibility index (Phi) is 6.91. The molecule has 2 aromatic rings. The molecule has 1 amide bonds. The number of halogens is 1. The van der Waals surface area contributed by atoms with Crippen LogP contribution in [0.25, 0.3) is 0 Å². The van der Waals surface area contributed by atoms with Gasteiger partial charge in [0.1, 0.15) is 17.2 Å². The van der Waals surface area contributed by atoms with E-state index in [2.05, 4.69) is 23.7 Å². The number of rotatable bonds is 7. The summed E-state index contributed by atoms with van der Waals surface area (Å²) in [5.74, 6) is -0.897. The van der Waals surface area contributed by atoms with Crippen molar-refractivity contribution in [2.24, 2.45) is 16.8 Å². The maximum Gasteiger partial charge on any atom is 0.408 e. The topological polar surface area (TPSA) is 109 Å². The summed E-state index contributed by atoms with van der Waals surface area (Å²) in [5, 5.41) is 4.98. The number of benzene rings is 1.